The zero-order valence-corrected chi connectivity index (χ0v) is 12.4. The van der Waals surface area contributed by atoms with Crippen LogP contribution in [0.4, 0.5) is 0 Å². The monoisotopic (exact) mass is 281 g/mol. The third-order valence-corrected chi connectivity index (χ3v) is 5.03. The number of aromatic nitrogens is 2. The molecule has 1 aromatic heterocycles. The minimum Gasteiger partial charge on any atom is -0.342 e. The molecule has 1 heterocycles. The highest BCUT2D eigenvalue weighted by molar-refractivity contribution is 5.74. The molecule has 3 atom stereocenters. The molecule has 1 saturated carbocycles. The van der Waals surface area contributed by atoms with E-state index in [0.717, 1.165) is 54.0 Å². The van der Waals surface area contributed by atoms with Gasteiger partial charge in [-0.25, -0.2) is 4.98 Å². The van der Waals surface area contributed by atoms with E-state index in [1.54, 1.807) is 0 Å². The van der Waals surface area contributed by atoms with Crippen LogP contribution >= 0.6 is 0 Å². The molecule has 3 heteroatoms. The molecule has 1 aromatic carbocycles. The molecule has 4 rings (SSSR count). The highest BCUT2D eigenvalue weighted by atomic mass is 14.9. The minimum absolute atomic E-state index is 0.859. The second-order valence-electron chi connectivity index (χ2n) is 6.55. The van der Waals surface area contributed by atoms with E-state index in [0.29, 0.717) is 0 Å². The Balaban J connectivity index is 1.20. The molecule has 2 aliphatic rings. The van der Waals surface area contributed by atoms with Gasteiger partial charge >= 0.3 is 0 Å². The first-order valence-corrected chi connectivity index (χ1v) is 8.21. The molecular formula is C18H23N3. The lowest BCUT2D eigenvalue weighted by Gasteiger charge is -2.18. The number of rotatable bonds is 6. The van der Waals surface area contributed by atoms with Crippen LogP contribution in [0.1, 0.15) is 25.1 Å². The minimum atomic E-state index is 0.859. The van der Waals surface area contributed by atoms with Crippen molar-refractivity contribution in [2.24, 2.45) is 17.8 Å². The van der Waals surface area contributed by atoms with Gasteiger partial charge in [-0.05, 0) is 62.2 Å². The number of aryl methyl sites for hydroxylation is 1. The van der Waals surface area contributed by atoms with Crippen molar-refractivity contribution in [1.29, 1.82) is 0 Å². The van der Waals surface area contributed by atoms with Crippen LogP contribution in [0, 0.1) is 17.8 Å². The molecule has 2 N–H and O–H groups in total. The van der Waals surface area contributed by atoms with E-state index in [4.69, 9.17) is 0 Å². The fourth-order valence-corrected chi connectivity index (χ4v) is 3.92. The summed E-state index contributed by atoms with van der Waals surface area (Å²) in [4.78, 5) is 8.03. The van der Waals surface area contributed by atoms with Crippen LogP contribution in [0.3, 0.4) is 0 Å². The molecular weight excluding hydrogens is 258 g/mol. The molecule has 2 aromatic rings. The molecule has 0 spiro atoms. The predicted molar refractivity (Wildman–Crippen MR) is 86.1 cm³/mol. The Morgan fingerprint density at radius 3 is 2.95 bits per heavy atom. The summed E-state index contributed by atoms with van der Waals surface area (Å²) < 4.78 is 0. The normalized spacial score (nSPS) is 27.0. The fraction of sp³-hybridized carbons (Fsp3) is 0.500. The summed E-state index contributed by atoms with van der Waals surface area (Å²) in [5.41, 5.74) is 2.23. The maximum Gasteiger partial charge on any atom is 0.107 e. The average molecular weight is 281 g/mol. The number of aromatic amines is 1. The van der Waals surface area contributed by atoms with E-state index < -0.39 is 0 Å². The molecule has 0 radical (unpaired) electrons. The number of nitrogens with zero attached hydrogens (tertiary/aromatic N) is 1. The quantitative estimate of drug-likeness (QED) is 0.630. The third kappa shape index (κ3) is 2.75. The summed E-state index contributed by atoms with van der Waals surface area (Å²) >= 11 is 0. The van der Waals surface area contributed by atoms with Crippen molar-refractivity contribution in [3.63, 3.8) is 0 Å². The van der Waals surface area contributed by atoms with Crippen molar-refractivity contribution in [3.8, 4) is 0 Å². The number of benzene rings is 1. The number of fused-ring (bicyclic) bond motifs is 3. The van der Waals surface area contributed by atoms with Gasteiger partial charge in [0.1, 0.15) is 5.82 Å². The van der Waals surface area contributed by atoms with Crippen molar-refractivity contribution in [2.45, 2.75) is 25.7 Å². The lowest BCUT2D eigenvalue weighted by molar-refractivity contribution is 0.413. The van der Waals surface area contributed by atoms with Gasteiger partial charge in [-0.3, -0.25) is 0 Å². The maximum atomic E-state index is 4.63. The van der Waals surface area contributed by atoms with Gasteiger partial charge in [-0.1, -0.05) is 24.3 Å². The number of nitrogens with one attached hydrogen (secondary N) is 2. The van der Waals surface area contributed by atoms with Crippen molar-refractivity contribution in [2.75, 3.05) is 13.1 Å². The van der Waals surface area contributed by atoms with E-state index >= 15 is 0 Å². The van der Waals surface area contributed by atoms with Crippen LogP contribution in [0.25, 0.3) is 11.0 Å². The van der Waals surface area contributed by atoms with Crippen molar-refractivity contribution in [3.05, 3.63) is 42.2 Å². The highest BCUT2D eigenvalue weighted by Gasteiger charge is 2.34. The molecule has 110 valence electrons. The van der Waals surface area contributed by atoms with Crippen molar-refractivity contribution >= 4 is 11.0 Å². The number of hydrogen-bond donors (Lipinski definition) is 2. The molecule has 3 nitrogen and oxygen atoms in total. The first-order chi connectivity index (χ1) is 10.4. The Morgan fingerprint density at radius 2 is 2.14 bits per heavy atom. The van der Waals surface area contributed by atoms with Gasteiger partial charge in [0.25, 0.3) is 0 Å². The van der Waals surface area contributed by atoms with Gasteiger partial charge in [-0.15, -0.1) is 0 Å². The van der Waals surface area contributed by atoms with E-state index in [-0.39, 0.29) is 0 Å². The van der Waals surface area contributed by atoms with Crippen molar-refractivity contribution in [1.82, 2.24) is 15.3 Å². The van der Waals surface area contributed by atoms with E-state index in [1.165, 1.54) is 19.4 Å². The Kier molecular flexibility index (Phi) is 3.52. The molecule has 21 heavy (non-hydrogen) atoms. The Hall–Kier alpha value is -1.61. The van der Waals surface area contributed by atoms with Gasteiger partial charge < -0.3 is 10.3 Å². The van der Waals surface area contributed by atoms with Crippen LogP contribution in [-0.2, 0) is 6.42 Å². The number of allylic oxidation sites excluding steroid dienone is 2. The molecule has 2 aliphatic carbocycles. The maximum absolute atomic E-state index is 4.63. The van der Waals surface area contributed by atoms with Crippen LogP contribution < -0.4 is 5.32 Å². The first kappa shape index (κ1) is 13.1. The standard InChI is InChI=1S/C18H23N3/c1-2-5-17-16(4-1)20-18(21-17)6-3-9-19-12-15-11-13-7-8-14(15)10-13/h1-2,4-5,7-8,13-15,19H,3,6,9-12H2,(H,20,21). The molecule has 0 amide bonds. The van der Waals surface area contributed by atoms with Gasteiger partial charge in [0.15, 0.2) is 0 Å². The summed E-state index contributed by atoms with van der Waals surface area (Å²) in [6.45, 7) is 2.28. The summed E-state index contributed by atoms with van der Waals surface area (Å²) in [6, 6.07) is 8.25. The Morgan fingerprint density at radius 1 is 1.19 bits per heavy atom. The lowest BCUT2D eigenvalue weighted by Crippen LogP contribution is -2.26. The Bertz CT molecular complexity index is 610. The summed E-state index contributed by atoms with van der Waals surface area (Å²) in [6.07, 6.45) is 9.84. The average Bonchev–Trinajstić information content (AvgIpc) is 3.21. The van der Waals surface area contributed by atoms with Gasteiger partial charge in [0.05, 0.1) is 11.0 Å². The van der Waals surface area contributed by atoms with Crippen LogP contribution in [0.15, 0.2) is 36.4 Å². The molecule has 1 fully saturated rings. The number of para-hydroxylation sites is 2. The number of H-pyrrole nitrogens is 1. The predicted octanol–water partition coefficient (Wildman–Crippen LogP) is 3.30. The van der Waals surface area contributed by atoms with Gasteiger partial charge in [0.2, 0.25) is 0 Å². The summed E-state index contributed by atoms with van der Waals surface area (Å²) in [5.74, 6) is 3.74. The van der Waals surface area contributed by atoms with Gasteiger partial charge in [-0.2, -0.15) is 0 Å². The van der Waals surface area contributed by atoms with Crippen LogP contribution in [0.5, 0.6) is 0 Å². The van der Waals surface area contributed by atoms with Crippen molar-refractivity contribution < 1.29 is 0 Å². The fourth-order valence-electron chi connectivity index (χ4n) is 3.92. The van der Waals surface area contributed by atoms with E-state index in [2.05, 4.69) is 45.6 Å². The smallest absolute Gasteiger partial charge is 0.107 e. The SMILES string of the molecule is C1=CC2CC1CC2CNCCCc1nc2ccccc2[nH]1. The number of hydrogen-bond acceptors (Lipinski definition) is 2. The largest absolute Gasteiger partial charge is 0.342 e. The zero-order valence-electron chi connectivity index (χ0n) is 12.4. The molecule has 2 bridgehead atoms. The second kappa shape index (κ2) is 5.64. The number of imidazole rings is 1. The van der Waals surface area contributed by atoms with E-state index in [1.807, 2.05) is 6.07 Å². The third-order valence-electron chi connectivity index (χ3n) is 5.03. The topological polar surface area (TPSA) is 40.7 Å². The molecule has 0 aliphatic heterocycles. The zero-order chi connectivity index (χ0) is 14.1. The molecule has 3 unspecified atom stereocenters. The lowest BCUT2D eigenvalue weighted by atomic mass is 9.93. The summed E-state index contributed by atoms with van der Waals surface area (Å²) in [7, 11) is 0. The second-order valence-corrected chi connectivity index (χ2v) is 6.55. The van der Waals surface area contributed by atoms with Crippen LogP contribution in [0.2, 0.25) is 0 Å². The Labute approximate surface area is 125 Å². The van der Waals surface area contributed by atoms with Gasteiger partial charge in [0, 0.05) is 6.42 Å². The first-order valence-electron chi connectivity index (χ1n) is 8.21. The molecule has 0 saturated heterocycles. The van der Waals surface area contributed by atoms with E-state index in [9.17, 15) is 0 Å². The van der Waals surface area contributed by atoms with Crippen LogP contribution in [-0.4, -0.2) is 23.1 Å². The highest BCUT2D eigenvalue weighted by Crippen LogP contribution is 2.42. The summed E-state index contributed by atoms with van der Waals surface area (Å²) in [5, 5.41) is 3.64.